The molecular formula is C30H41N3O9. The van der Waals surface area contributed by atoms with Crippen LogP contribution in [-0.4, -0.2) is 78.1 Å². The van der Waals surface area contributed by atoms with Crippen molar-refractivity contribution in [2.75, 3.05) is 20.4 Å². The Morgan fingerprint density at radius 2 is 1.76 bits per heavy atom. The number of ether oxygens (including phenoxy) is 5. The molecule has 0 spiro atoms. The minimum Gasteiger partial charge on any atom is -0.467 e. The van der Waals surface area contributed by atoms with E-state index in [-0.39, 0.29) is 19.8 Å². The van der Waals surface area contributed by atoms with Gasteiger partial charge < -0.3 is 33.9 Å². The SMILES string of the molecule is C=CCCCCC[C@H](NC(=O)OC(C)(C)C)C(=O)N1C[C@H](OC(=O)N2Cc3cc4c(cc3C2)OCO4)C[C@H]1C(=O)OC. The Bertz CT molecular complexity index is 1160. The predicted octanol–water partition coefficient (Wildman–Crippen LogP) is 4.04. The second kappa shape index (κ2) is 13.3. The maximum Gasteiger partial charge on any atom is 0.410 e. The van der Waals surface area contributed by atoms with E-state index in [2.05, 4.69) is 11.9 Å². The number of likely N-dealkylation sites (tertiary alicyclic amines) is 1. The number of fused-ring (bicyclic) bond motifs is 2. The molecule has 3 heterocycles. The standard InChI is InChI=1S/C30H41N3O9/c1-6-7-8-9-10-11-22(31-28(36)42-30(2,3)4)26(34)33-17-21(14-23(33)27(35)38-5)41-29(37)32-15-19-12-24-25(40-18-39-24)13-20(19)16-32/h6,12-13,21-23H,1,7-11,14-18H2,2-5H3,(H,31,36)/t21-,22+,23+/m1/s1. The molecule has 1 saturated heterocycles. The summed E-state index contributed by atoms with van der Waals surface area (Å²) in [4.78, 5) is 55.1. The van der Waals surface area contributed by atoms with Crippen LogP contribution < -0.4 is 14.8 Å². The van der Waals surface area contributed by atoms with E-state index in [0.717, 1.165) is 30.4 Å². The van der Waals surface area contributed by atoms with Crippen molar-refractivity contribution in [2.24, 2.45) is 0 Å². The summed E-state index contributed by atoms with van der Waals surface area (Å²) in [6, 6.07) is 1.84. The first kappa shape index (κ1) is 31.0. The van der Waals surface area contributed by atoms with Crippen LogP contribution >= 0.6 is 0 Å². The van der Waals surface area contributed by atoms with Crippen molar-refractivity contribution in [3.05, 3.63) is 35.9 Å². The Kier molecular flexibility index (Phi) is 9.85. The molecule has 1 aromatic carbocycles. The number of amides is 3. The largest absolute Gasteiger partial charge is 0.467 e. The lowest BCUT2D eigenvalue weighted by atomic mass is 10.1. The number of allylic oxidation sites excluding steroid dienone is 1. The summed E-state index contributed by atoms with van der Waals surface area (Å²) in [7, 11) is 1.24. The lowest BCUT2D eigenvalue weighted by Crippen LogP contribution is -2.52. The molecule has 12 nitrogen and oxygen atoms in total. The van der Waals surface area contributed by atoms with Crippen molar-refractivity contribution < 1.29 is 42.9 Å². The topological polar surface area (TPSA) is 133 Å². The van der Waals surface area contributed by atoms with E-state index in [1.165, 1.54) is 12.0 Å². The zero-order valence-electron chi connectivity index (χ0n) is 24.8. The molecule has 0 radical (unpaired) electrons. The average molecular weight is 588 g/mol. The number of hydrogen-bond donors (Lipinski definition) is 1. The molecule has 1 N–H and O–H groups in total. The van der Waals surface area contributed by atoms with E-state index in [1.807, 2.05) is 18.2 Å². The highest BCUT2D eigenvalue weighted by atomic mass is 16.7. The number of unbranched alkanes of at least 4 members (excludes halogenated alkanes) is 3. The molecule has 3 amide bonds. The lowest BCUT2D eigenvalue weighted by molar-refractivity contribution is -0.151. The lowest BCUT2D eigenvalue weighted by Gasteiger charge is -2.29. The van der Waals surface area contributed by atoms with Crippen molar-refractivity contribution in [1.82, 2.24) is 15.1 Å². The zero-order chi connectivity index (χ0) is 30.4. The Labute approximate surface area is 246 Å². The number of esters is 1. The Balaban J connectivity index is 1.42. The van der Waals surface area contributed by atoms with Gasteiger partial charge in [-0.05, 0) is 63.3 Å². The van der Waals surface area contributed by atoms with Crippen LogP contribution in [-0.2, 0) is 36.9 Å². The molecule has 0 unspecified atom stereocenters. The maximum atomic E-state index is 13.8. The smallest absolute Gasteiger partial charge is 0.410 e. The minimum absolute atomic E-state index is 0.00985. The molecule has 230 valence electrons. The van der Waals surface area contributed by atoms with Crippen molar-refractivity contribution in [2.45, 2.75) is 96.2 Å². The van der Waals surface area contributed by atoms with Crippen LogP contribution in [0.3, 0.4) is 0 Å². The highest BCUT2D eigenvalue weighted by molar-refractivity contribution is 5.90. The number of hydrogen-bond acceptors (Lipinski definition) is 9. The summed E-state index contributed by atoms with van der Waals surface area (Å²) in [6.07, 6.45) is 3.54. The van der Waals surface area contributed by atoms with Crippen molar-refractivity contribution >= 4 is 24.1 Å². The average Bonchev–Trinajstić information content (AvgIpc) is 3.66. The van der Waals surface area contributed by atoms with Crippen LogP contribution in [0, 0.1) is 0 Å². The van der Waals surface area contributed by atoms with Crippen LogP contribution in [0.15, 0.2) is 24.8 Å². The molecule has 0 bridgehead atoms. The van der Waals surface area contributed by atoms with E-state index >= 15 is 0 Å². The van der Waals surface area contributed by atoms with Gasteiger partial charge >= 0.3 is 18.2 Å². The van der Waals surface area contributed by atoms with Gasteiger partial charge in [-0.25, -0.2) is 14.4 Å². The third-order valence-electron chi connectivity index (χ3n) is 7.35. The highest BCUT2D eigenvalue weighted by Crippen LogP contribution is 2.38. The van der Waals surface area contributed by atoms with Gasteiger partial charge in [-0.2, -0.15) is 0 Å². The van der Waals surface area contributed by atoms with Crippen LogP contribution in [0.2, 0.25) is 0 Å². The molecule has 3 aliphatic rings. The fourth-order valence-corrected chi connectivity index (χ4v) is 5.34. The summed E-state index contributed by atoms with van der Waals surface area (Å²) in [5.41, 5.74) is 1.13. The number of carbonyl (C=O) groups is 4. The van der Waals surface area contributed by atoms with Crippen LogP contribution in [0.4, 0.5) is 9.59 Å². The fourth-order valence-electron chi connectivity index (χ4n) is 5.34. The van der Waals surface area contributed by atoms with Crippen LogP contribution in [0.25, 0.3) is 0 Å². The molecular weight excluding hydrogens is 546 g/mol. The van der Waals surface area contributed by atoms with Gasteiger partial charge in [0.05, 0.1) is 13.7 Å². The van der Waals surface area contributed by atoms with Crippen molar-refractivity contribution in [3.8, 4) is 11.5 Å². The minimum atomic E-state index is -0.961. The second-order valence-electron chi connectivity index (χ2n) is 11.7. The fraction of sp³-hybridized carbons (Fsp3) is 0.600. The first-order valence-electron chi connectivity index (χ1n) is 14.3. The second-order valence-corrected chi connectivity index (χ2v) is 11.7. The van der Waals surface area contributed by atoms with E-state index in [4.69, 9.17) is 23.7 Å². The summed E-state index contributed by atoms with van der Waals surface area (Å²) in [5, 5.41) is 2.69. The Morgan fingerprint density at radius 3 is 2.36 bits per heavy atom. The first-order chi connectivity index (χ1) is 20.0. The molecule has 3 atom stereocenters. The van der Waals surface area contributed by atoms with E-state index < -0.39 is 47.9 Å². The Hall–Kier alpha value is -3.96. The predicted molar refractivity (Wildman–Crippen MR) is 151 cm³/mol. The van der Waals surface area contributed by atoms with Gasteiger partial charge in [-0.3, -0.25) is 9.69 Å². The molecule has 12 heteroatoms. The molecule has 0 saturated carbocycles. The van der Waals surface area contributed by atoms with Gasteiger partial charge in [-0.15, -0.1) is 6.58 Å². The van der Waals surface area contributed by atoms with Crippen LogP contribution in [0.1, 0.15) is 70.4 Å². The number of carbonyl (C=O) groups excluding carboxylic acids is 4. The van der Waals surface area contributed by atoms with Gasteiger partial charge in [0.2, 0.25) is 12.7 Å². The number of methoxy groups -OCH3 is 1. The molecule has 0 aliphatic carbocycles. The number of nitrogens with one attached hydrogen (secondary N) is 1. The number of benzene rings is 1. The molecule has 1 fully saturated rings. The first-order valence-corrected chi connectivity index (χ1v) is 14.3. The van der Waals surface area contributed by atoms with Crippen LogP contribution in [0.5, 0.6) is 11.5 Å². The van der Waals surface area contributed by atoms with Gasteiger partial charge in [-0.1, -0.05) is 18.9 Å². The summed E-state index contributed by atoms with van der Waals surface area (Å²) >= 11 is 0. The Morgan fingerprint density at radius 1 is 1.10 bits per heavy atom. The third kappa shape index (κ3) is 7.65. The van der Waals surface area contributed by atoms with Gasteiger partial charge in [0, 0.05) is 19.5 Å². The number of alkyl carbamates (subject to hydrolysis) is 1. The normalized spacial score (nSPS) is 19.6. The molecule has 3 aliphatic heterocycles. The van der Waals surface area contributed by atoms with E-state index in [9.17, 15) is 19.2 Å². The van der Waals surface area contributed by atoms with E-state index in [0.29, 0.717) is 37.4 Å². The van der Waals surface area contributed by atoms with Gasteiger partial charge in [0.1, 0.15) is 23.8 Å². The van der Waals surface area contributed by atoms with E-state index in [1.54, 1.807) is 25.7 Å². The summed E-state index contributed by atoms with van der Waals surface area (Å²) in [6.45, 7) is 9.78. The highest BCUT2D eigenvalue weighted by Gasteiger charge is 2.45. The monoisotopic (exact) mass is 587 g/mol. The summed E-state index contributed by atoms with van der Waals surface area (Å²) < 4.78 is 27.0. The maximum absolute atomic E-state index is 13.8. The summed E-state index contributed by atoms with van der Waals surface area (Å²) in [5.74, 6) is 0.212. The molecule has 1 aromatic rings. The number of nitrogens with zero attached hydrogens (tertiary/aromatic N) is 2. The van der Waals surface area contributed by atoms with Crippen molar-refractivity contribution in [1.29, 1.82) is 0 Å². The quantitative estimate of drug-likeness (QED) is 0.186. The molecule has 4 rings (SSSR count). The van der Waals surface area contributed by atoms with Gasteiger partial charge in [0.15, 0.2) is 11.5 Å². The zero-order valence-corrected chi connectivity index (χ0v) is 24.8. The molecule has 42 heavy (non-hydrogen) atoms. The van der Waals surface area contributed by atoms with Gasteiger partial charge in [0.25, 0.3) is 0 Å². The van der Waals surface area contributed by atoms with Crippen molar-refractivity contribution in [3.63, 3.8) is 0 Å². The number of rotatable bonds is 10. The third-order valence-corrected chi connectivity index (χ3v) is 7.35. The molecule has 0 aromatic heterocycles.